The van der Waals surface area contributed by atoms with Gasteiger partial charge < -0.3 is 4.42 Å². The third-order valence-corrected chi connectivity index (χ3v) is 3.57. The summed E-state index contributed by atoms with van der Waals surface area (Å²) in [7, 11) is 0. The number of ketones is 2. The molecule has 21 heavy (non-hydrogen) atoms. The molecule has 0 bridgehead atoms. The number of rotatable bonds is 4. The highest BCUT2D eigenvalue weighted by molar-refractivity contribution is 6.18. The Labute approximate surface area is 122 Å². The van der Waals surface area contributed by atoms with Gasteiger partial charge in [0.25, 0.3) is 0 Å². The minimum Gasteiger partial charge on any atom is -0.469 e. The van der Waals surface area contributed by atoms with Gasteiger partial charge in [0.05, 0.1) is 18.2 Å². The molecule has 0 fully saturated rings. The number of fused-ring (bicyclic) bond motifs is 1. The van der Waals surface area contributed by atoms with Crippen LogP contribution in [0.5, 0.6) is 0 Å². The molecule has 3 rings (SSSR count). The van der Waals surface area contributed by atoms with E-state index in [4.69, 9.17) is 4.42 Å². The highest BCUT2D eigenvalue weighted by Gasteiger charge is 2.18. The molecule has 104 valence electrons. The van der Waals surface area contributed by atoms with Gasteiger partial charge in [0.2, 0.25) is 0 Å². The number of carbonyl (C=O) groups is 2. The normalized spacial score (nSPS) is 10.7. The summed E-state index contributed by atoms with van der Waals surface area (Å²) < 4.78 is 5.11. The van der Waals surface area contributed by atoms with Gasteiger partial charge in [-0.2, -0.15) is 0 Å². The molecule has 0 aliphatic heterocycles. The maximum absolute atomic E-state index is 12.4. The highest BCUT2D eigenvalue weighted by Crippen LogP contribution is 2.21. The fourth-order valence-corrected chi connectivity index (χ4v) is 2.48. The lowest BCUT2D eigenvalue weighted by molar-refractivity contribution is 0.0894. The SMILES string of the molecule is Cc1occc1C(=O)CC(=O)c1cccc2ccccc12. The Morgan fingerprint density at radius 3 is 2.38 bits per heavy atom. The van der Waals surface area contributed by atoms with Crippen molar-refractivity contribution in [2.45, 2.75) is 13.3 Å². The van der Waals surface area contributed by atoms with Crippen LogP contribution in [0, 0.1) is 6.92 Å². The standard InChI is InChI=1S/C18H14O3/c1-12-14(9-10-21-12)17(19)11-18(20)16-8-4-6-13-5-2-3-7-15(13)16/h2-10H,11H2,1H3. The van der Waals surface area contributed by atoms with Crippen LogP contribution in [0.15, 0.2) is 59.2 Å². The number of carbonyl (C=O) groups excluding carboxylic acids is 2. The van der Waals surface area contributed by atoms with E-state index in [1.165, 1.54) is 6.26 Å². The predicted octanol–water partition coefficient (Wildman–Crippen LogP) is 4.20. The van der Waals surface area contributed by atoms with E-state index in [0.29, 0.717) is 16.9 Å². The average molecular weight is 278 g/mol. The molecule has 0 aliphatic rings. The Morgan fingerprint density at radius 1 is 0.905 bits per heavy atom. The lowest BCUT2D eigenvalue weighted by Gasteiger charge is -2.05. The molecule has 0 spiro atoms. The average Bonchev–Trinajstić information content (AvgIpc) is 2.92. The molecule has 3 heteroatoms. The summed E-state index contributed by atoms with van der Waals surface area (Å²) in [5.41, 5.74) is 1.06. The fourth-order valence-electron chi connectivity index (χ4n) is 2.48. The van der Waals surface area contributed by atoms with Crippen LogP contribution in [0.3, 0.4) is 0 Å². The Morgan fingerprint density at radius 2 is 1.62 bits per heavy atom. The van der Waals surface area contributed by atoms with Crippen LogP contribution < -0.4 is 0 Å². The van der Waals surface area contributed by atoms with Gasteiger partial charge in [-0.05, 0) is 23.8 Å². The number of aryl methyl sites for hydroxylation is 1. The molecule has 0 saturated carbocycles. The van der Waals surface area contributed by atoms with Crippen molar-refractivity contribution in [2.75, 3.05) is 0 Å². The third kappa shape index (κ3) is 2.50. The van der Waals surface area contributed by atoms with Crippen LogP contribution in [-0.4, -0.2) is 11.6 Å². The molecule has 2 aromatic carbocycles. The molecule has 1 aromatic heterocycles. The maximum atomic E-state index is 12.4. The Kier molecular flexibility index (Phi) is 3.40. The van der Waals surface area contributed by atoms with Gasteiger partial charge >= 0.3 is 0 Å². The first-order chi connectivity index (χ1) is 10.2. The number of furan rings is 1. The zero-order valence-electron chi connectivity index (χ0n) is 11.6. The first kappa shape index (κ1) is 13.3. The van der Waals surface area contributed by atoms with Crippen LogP contribution in [0.2, 0.25) is 0 Å². The predicted molar refractivity (Wildman–Crippen MR) is 80.7 cm³/mol. The topological polar surface area (TPSA) is 47.3 Å². The molecule has 0 amide bonds. The van der Waals surface area contributed by atoms with Gasteiger partial charge in [-0.3, -0.25) is 9.59 Å². The molecule has 0 aliphatic carbocycles. The monoisotopic (exact) mass is 278 g/mol. The summed E-state index contributed by atoms with van der Waals surface area (Å²) in [6, 6.07) is 14.8. The van der Waals surface area contributed by atoms with Gasteiger partial charge in [-0.25, -0.2) is 0 Å². The summed E-state index contributed by atoms with van der Waals surface area (Å²) in [5, 5.41) is 1.87. The van der Waals surface area contributed by atoms with Crippen molar-refractivity contribution in [3.8, 4) is 0 Å². The van der Waals surface area contributed by atoms with Crippen LogP contribution in [-0.2, 0) is 0 Å². The van der Waals surface area contributed by atoms with Crippen LogP contribution in [0.25, 0.3) is 10.8 Å². The minimum atomic E-state index is -0.209. The fraction of sp³-hybridized carbons (Fsp3) is 0.111. The van der Waals surface area contributed by atoms with E-state index in [-0.39, 0.29) is 18.0 Å². The van der Waals surface area contributed by atoms with E-state index in [9.17, 15) is 9.59 Å². The first-order valence-corrected chi connectivity index (χ1v) is 6.75. The van der Waals surface area contributed by atoms with E-state index in [2.05, 4.69) is 0 Å². The smallest absolute Gasteiger partial charge is 0.174 e. The summed E-state index contributed by atoms with van der Waals surface area (Å²) in [6.07, 6.45) is 1.32. The van der Waals surface area contributed by atoms with Gasteiger partial charge in [-0.1, -0.05) is 42.5 Å². The zero-order chi connectivity index (χ0) is 14.8. The van der Waals surface area contributed by atoms with Crippen molar-refractivity contribution in [1.29, 1.82) is 0 Å². The summed E-state index contributed by atoms with van der Waals surface area (Å²) in [4.78, 5) is 24.6. The van der Waals surface area contributed by atoms with Crippen molar-refractivity contribution >= 4 is 22.3 Å². The molecular weight excluding hydrogens is 264 g/mol. The van der Waals surface area contributed by atoms with E-state index >= 15 is 0 Å². The van der Waals surface area contributed by atoms with Crippen molar-refractivity contribution in [3.63, 3.8) is 0 Å². The number of Topliss-reactive ketones (excluding diaryl/α,β-unsaturated/α-hetero) is 2. The third-order valence-electron chi connectivity index (χ3n) is 3.57. The number of benzene rings is 2. The molecule has 0 unspecified atom stereocenters. The lowest BCUT2D eigenvalue weighted by Crippen LogP contribution is -2.09. The Bertz CT molecular complexity index is 822. The highest BCUT2D eigenvalue weighted by atomic mass is 16.3. The van der Waals surface area contributed by atoms with Gasteiger partial charge in [0, 0.05) is 5.56 Å². The van der Waals surface area contributed by atoms with Crippen molar-refractivity contribution in [1.82, 2.24) is 0 Å². The molecule has 3 nitrogen and oxygen atoms in total. The van der Waals surface area contributed by atoms with Gasteiger partial charge in [-0.15, -0.1) is 0 Å². The van der Waals surface area contributed by atoms with E-state index in [1.807, 2.05) is 36.4 Å². The maximum Gasteiger partial charge on any atom is 0.174 e. The largest absolute Gasteiger partial charge is 0.469 e. The summed E-state index contributed by atoms with van der Waals surface area (Å²) in [5.74, 6) is 0.169. The molecule has 1 heterocycles. The molecular formula is C18H14O3. The Hall–Kier alpha value is -2.68. The zero-order valence-corrected chi connectivity index (χ0v) is 11.6. The lowest BCUT2D eigenvalue weighted by atomic mass is 9.97. The summed E-state index contributed by atoms with van der Waals surface area (Å²) >= 11 is 0. The second kappa shape index (κ2) is 5.37. The molecule has 0 radical (unpaired) electrons. The quantitative estimate of drug-likeness (QED) is 0.531. The van der Waals surface area contributed by atoms with Crippen LogP contribution in [0.1, 0.15) is 32.9 Å². The van der Waals surface area contributed by atoms with Crippen molar-refractivity contribution < 1.29 is 14.0 Å². The number of hydrogen-bond acceptors (Lipinski definition) is 3. The van der Waals surface area contributed by atoms with E-state index in [1.54, 1.807) is 19.1 Å². The van der Waals surface area contributed by atoms with E-state index < -0.39 is 0 Å². The second-order valence-corrected chi connectivity index (χ2v) is 4.94. The molecule has 0 saturated heterocycles. The number of hydrogen-bond donors (Lipinski definition) is 0. The van der Waals surface area contributed by atoms with Gasteiger partial charge in [0.1, 0.15) is 5.76 Å². The molecule has 0 atom stereocenters. The van der Waals surface area contributed by atoms with Crippen LogP contribution >= 0.6 is 0 Å². The van der Waals surface area contributed by atoms with Crippen molar-refractivity contribution in [2.24, 2.45) is 0 Å². The van der Waals surface area contributed by atoms with Gasteiger partial charge in [0.15, 0.2) is 11.6 Å². The molecule has 0 N–H and O–H groups in total. The Balaban J connectivity index is 1.91. The second-order valence-electron chi connectivity index (χ2n) is 4.94. The van der Waals surface area contributed by atoms with Crippen LogP contribution in [0.4, 0.5) is 0 Å². The molecule has 3 aromatic rings. The summed E-state index contributed by atoms with van der Waals surface area (Å²) in [6.45, 7) is 1.72. The van der Waals surface area contributed by atoms with E-state index in [0.717, 1.165) is 10.8 Å². The first-order valence-electron chi connectivity index (χ1n) is 6.75. The van der Waals surface area contributed by atoms with Crippen molar-refractivity contribution in [3.05, 3.63) is 71.7 Å². The minimum absolute atomic E-state index is 0.144.